The first-order valence-electron chi connectivity index (χ1n) is 11.2. The fraction of sp³-hybridized carbons (Fsp3) is 0.480. The second-order valence-corrected chi connectivity index (χ2v) is 8.50. The summed E-state index contributed by atoms with van der Waals surface area (Å²) in [7, 11) is 0. The van der Waals surface area contributed by atoms with Gasteiger partial charge in [-0.2, -0.15) is 0 Å². The van der Waals surface area contributed by atoms with Gasteiger partial charge in [-0.15, -0.1) is 0 Å². The van der Waals surface area contributed by atoms with Crippen molar-refractivity contribution in [3.05, 3.63) is 70.5 Å². The SMILES string of the molecule is O=C(CCCN1CCN(Cc2ccc(F)cc2)CC1)c1ccc2c(c1)CCNCC2. The van der Waals surface area contributed by atoms with Crippen molar-refractivity contribution in [2.45, 2.75) is 32.2 Å². The Hall–Kier alpha value is -2.08. The number of piperazine rings is 1. The van der Waals surface area contributed by atoms with E-state index in [9.17, 15) is 9.18 Å². The number of fused-ring (bicyclic) bond motifs is 1. The fourth-order valence-electron chi connectivity index (χ4n) is 4.47. The molecule has 2 aliphatic heterocycles. The van der Waals surface area contributed by atoms with Gasteiger partial charge in [0.1, 0.15) is 5.82 Å². The molecule has 0 atom stereocenters. The Bertz CT molecular complexity index is 844. The van der Waals surface area contributed by atoms with Crippen LogP contribution in [0.2, 0.25) is 0 Å². The summed E-state index contributed by atoms with van der Waals surface area (Å²) in [5.41, 5.74) is 4.75. The molecule has 1 N–H and O–H groups in total. The highest BCUT2D eigenvalue weighted by molar-refractivity contribution is 5.96. The van der Waals surface area contributed by atoms with Crippen LogP contribution in [0, 0.1) is 5.82 Å². The highest BCUT2D eigenvalue weighted by atomic mass is 19.1. The van der Waals surface area contributed by atoms with Crippen LogP contribution in [0.4, 0.5) is 4.39 Å². The number of Topliss-reactive ketones (excluding diaryl/α,β-unsaturated/α-hetero) is 1. The average molecular weight is 410 g/mol. The van der Waals surface area contributed by atoms with Crippen molar-refractivity contribution in [3.63, 3.8) is 0 Å². The molecule has 2 heterocycles. The molecule has 2 aromatic carbocycles. The van der Waals surface area contributed by atoms with E-state index >= 15 is 0 Å². The molecule has 0 bridgehead atoms. The molecule has 4 nitrogen and oxygen atoms in total. The van der Waals surface area contributed by atoms with Crippen molar-refractivity contribution in [2.24, 2.45) is 0 Å². The second-order valence-electron chi connectivity index (χ2n) is 8.50. The zero-order valence-corrected chi connectivity index (χ0v) is 17.7. The minimum absolute atomic E-state index is 0.180. The molecule has 0 amide bonds. The maximum atomic E-state index is 13.0. The van der Waals surface area contributed by atoms with Crippen molar-refractivity contribution in [1.82, 2.24) is 15.1 Å². The van der Waals surface area contributed by atoms with Crippen molar-refractivity contribution in [3.8, 4) is 0 Å². The van der Waals surface area contributed by atoms with Gasteiger partial charge in [-0.3, -0.25) is 9.69 Å². The number of ketones is 1. The normalized spacial score (nSPS) is 18.0. The van der Waals surface area contributed by atoms with E-state index in [0.717, 1.165) is 82.7 Å². The molecule has 5 heteroatoms. The van der Waals surface area contributed by atoms with Crippen LogP contribution in [0.3, 0.4) is 0 Å². The van der Waals surface area contributed by atoms with E-state index in [4.69, 9.17) is 0 Å². The van der Waals surface area contributed by atoms with E-state index in [0.29, 0.717) is 6.42 Å². The second kappa shape index (κ2) is 10.3. The molecule has 0 saturated carbocycles. The van der Waals surface area contributed by atoms with Crippen LogP contribution in [0.5, 0.6) is 0 Å². The largest absolute Gasteiger partial charge is 0.316 e. The summed E-state index contributed by atoms with van der Waals surface area (Å²) >= 11 is 0. The number of carbonyl (C=O) groups excluding carboxylic acids is 1. The summed E-state index contributed by atoms with van der Waals surface area (Å²) in [6, 6.07) is 13.1. The monoisotopic (exact) mass is 409 g/mol. The first-order valence-corrected chi connectivity index (χ1v) is 11.2. The molecule has 0 aliphatic carbocycles. The van der Waals surface area contributed by atoms with Gasteiger partial charge in [-0.05, 0) is 73.8 Å². The molecular formula is C25H32FN3O. The Morgan fingerprint density at radius 2 is 1.60 bits per heavy atom. The number of carbonyl (C=O) groups is 1. The predicted octanol–water partition coefficient (Wildman–Crippen LogP) is 3.29. The summed E-state index contributed by atoms with van der Waals surface area (Å²) in [5.74, 6) is 0.0889. The third-order valence-corrected chi connectivity index (χ3v) is 6.33. The number of rotatable bonds is 7. The average Bonchev–Trinajstić information content (AvgIpc) is 3.01. The van der Waals surface area contributed by atoms with Gasteiger partial charge in [-0.25, -0.2) is 4.39 Å². The number of benzene rings is 2. The first-order chi connectivity index (χ1) is 14.7. The number of hydrogen-bond acceptors (Lipinski definition) is 4. The quantitative estimate of drug-likeness (QED) is 0.712. The van der Waals surface area contributed by atoms with E-state index in [1.807, 2.05) is 18.2 Å². The third-order valence-electron chi connectivity index (χ3n) is 6.33. The summed E-state index contributed by atoms with van der Waals surface area (Å²) in [6.07, 6.45) is 3.60. The molecule has 1 saturated heterocycles. The Morgan fingerprint density at radius 1 is 0.900 bits per heavy atom. The lowest BCUT2D eigenvalue weighted by molar-refractivity contribution is 0.0959. The predicted molar refractivity (Wildman–Crippen MR) is 118 cm³/mol. The Kier molecular flexibility index (Phi) is 7.26. The molecule has 0 radical (unpaired) electrons. The third kappa shape index (κ3) is 5.75. The Labute approximate surface area is 179 Å². The number of nitrogens with one attached hydrogen (secondary N) is 1. The van der Waals surface area contributed by atoms with Crippen molar-refractivity contribution < 1.29 is 9.18 Å². The smallest absolute Gasteiger partial charge is 0.162 e. The fourth-order valence-corrected chi connectivity index (χ4v) is 4.47. The lowest BCUT2D eigenvalue weighted by Crippen LogP contribution is -2.46. The summed E-state index contributed by atoms with van der Waals surface area (Å²) in [4.78, 5) is 17.5. The summed E-state index contributed by atoms with van der Waals surface area (Å²) in [6.45, 7) is 7.97. The molecule has 0 unspecified atom stereocenters. The molecule has 160 valence electrons. The van der Waals surface area contributed by atoms with Gasteiger partial charge < -0.3 is 10.2 Å². The minimum atomic E-state index is -0.180. The van der Waals surface area contributed by atoms with Crippen LogP contribution in [-0.4, -0.2) is 61.4 Å². The molecule has 1 fully saturated rings. The molecule has 4 rings (SSSR count). The lowest BCUT2D eigenvalue weighted by atomic mass is 9.97. The highest BCUT2D eigenvalue weighted by Crippen LogP contribution is 2.17. The van der Waals surface area contributed by atoms with Crippen molar-refractivity contribution >= 4 is 5.78 Å². The maximum Gasteiger partial charge on any atom is 0.162 e. The Morgan fingerprint density at radius 3 is 2.37 bits per heavy atom. The van der Waals surface area contributed by atoms with E-state index in [1.165, 1.54) is 23.3 Å². The van der Waals surface area contributed by atoms with Gasteiger partial charge in [0.25, 0.3) is 0 Å². The summed E-state index contributed by atoms with van der Waals surface area (Å²) < 4.78 is 13.0. The molecular weight excluding hydrogens is 377 g/mol. The van der Waals surface area contributed by atoms with Crippen LogP contribution in [0.15, 0.2) is 42.5 Å². The summed E-state index contributed by atoms with van der Waals surface area (Å²) in [5, 5.41) is 3.42. The van der Waals surface area contributed by atoms with Crippen LogP contribution in [-0.2, 0) is 19.4 Å². The van der Waals surface area contributed by atoms with Crippen LogP contribution in [0.25, 0.3) is 0 Å². The van der Waals surface area contributed by atoms with Crippen LogP contribution >= 0.6 is 0 Å². The van der Waals surface area contributed by atoms with Gasteiger partial charge in [0.05, 0.1) is 0 Å². The van der Waals surface area contributed by atoms with Crippen molar-refractivity contribution in [2.75, 3.05) is 45.8 Å². The molecule has 0 spiro atoms. The topological polar surface area (TPSA) is 35.6 Å². The van der Waals surface area contributed by atoms with Gasteiger partial charge in [0.2, 0.25) is 0 Å². The molecule has 2 aliphatic rings. The minimum Gasteiger partial charge on any atom is -0.316 e. The standard InChI is InChI=1S/C25H32FN3O/c26-24-7-3-20(4-8-24)19-29-16-14-28(15-17-29)13-1-2-25(30)23-6-5-21-9-11-27-12-10-22(21)18-23/h3-8,18,27H,1-2,9-17,19H2. The zero-order valence-electron chi connectivity index (χ0n) is 17.7. The maximum absolute atomic E-state index is 13.0. The highest BCUT2D eigenvalue weighted by Gasteiger charge is 2.17. The van der Waals surface area contributed by atoms with Gasteiger partial charge in [0, 0.05) is 44.7 Å². The Balaban J connectivity index is 1.18. The van der Waals surface area contributed by atoms with Crippen LogP contribution in [0.1, 0.15) is 39.9 Å². The van der Waals surface area contributed by atoms with E-state index < -0.39 is 0 Å². The van der Waals surface area contributed by atoms with Gasteiger partial charge in [0.15, 0.2) is 5.78 Å². The lowest BCUT2D eigenvalue weighted by Gasteiger charge is -2.34. The van der Waals surface area contributed by atoms with E-state index in [1.54, 1.807) is 0 Å². The van der Waals surface area contributed by atoms with E-state index in [-0.39, 0.29) is 11.6 Å². The number of nitrogens with zero attached hydrogens (tertiary/aromatic N) is 2. The van der Waals surface area contributed by atoms with Gasteiger partial charge >= 0.3 is 0 Å². The van der Waals surface area contributed by atoms with Crippen molar-refractivity contribution in [1.29, 1.82) is 0 Å². The first kappa shape index (κ1) is 21.2. The molecule has 2 aromatic rings. The molecule has 30 heavy (non-hydrogen) atoms. The number of hydrogen-bond donors (Lipinski definition) is 1. The van der Waals surface area contributed by atoms with E-state index in [2.05, 4.69) is 27.2 Å². The zero-order chi connectivity index (χ0) is 20.8. The van der Waals surface area contributed by atoms with Crippen LogP contribution < -0.4 is 5.32 Å². The molecule has 0 aromatic heterocycles. The van der Waals surface area contributed by atoms with Gasteiger partial charge in [-0.1, -0.05) is 24.3 Å². The number of halogens is 1.